The first-order chi connectivity index (χ1) is 9.12. The monoisotopic (exact) mass is 266 g/mol. The molecule has 0 atom stereocenters. The number of hydrogen-bond donors (Lipinski definition) is 2. The second-order valence-corrected chi connectivity index (χ2v) is 4.30. The number of rotatable bonds is 7. The SMILES string of the molecule is CCCCCC(=O)Nc1cc(OC)c(OC)cc1N. The van der Waals surface area contributed by atoms with Crippen molar-refractivity contribution in [2.24, 2.45) is 0 Å². The molecule has 1 aromatic rings. The van der Waals surface area contributed by atoms with Crippen molar-refractivity contribution in [2.75, 3.05) is 25.3 Å². The summed E-state index contributed by atoms with van der Waals surface area (Å²) < 4.78 is 10.3. The van der Waals surface area contributed by atoms with Gasteiger partial charge in [-0.3, -0.25) is 4.79 Å². The van der Waals surface area contributed by atoms with Gasteiger partial charge in [0.2, 0.25) is 5.91 Å². The molecule has 1 amide bonds. The molecule has 19 heavy (non-hydrogen) atoms. The smallest absolute Gasteiger partial charge is 0.224 e. The van der Waals surface area contributed by atoms with Gasteiger partial charge in [0, 0.05) is 18.6 Å². The Labute approximate surface area is 114 Å². The van der Waals surface area contributed by atoms with Gasteiger partial charge in [-0.1, -0.05) is 19.8 Å². The molecule has 1 aromatic carbocycles. The van der Waals surface area contributed by atoms with E-state index >= 15 is 0 Å². The molecule has 0 spiro atoms. The van der Waals surface area contributed by atoms with Crippen molar-refractivity contribution >= 4 is 17.3 Å². The fourth-order valence-electron chi connectivity index (χ4n) is 1.75. The average molecular weight is 266 g/mol. The number of benzene rings is 1. The van der Waals surface area contributed by atoms with Crippen molar-refractivity contribution in [3.05, 3.63) is 12.1 Å². The zero-order chi connectivity index (χ0) is 14.3. The summed E-state index contributed by atoms with van der Waals surface area (Å²) in [6.07, 6.45) is 3.53. The molecule has 0 aliphatic heterocycles. The van der Waals surface area contributed by atoms with Crippen LogP contribution in [-0.4, -0.2) is 20.1 Å². The predicted octanol–water partition coefficient (Wildman–Crippen LogP) is 2.80. The molecule has 0 saturated heterocycles. The van der Waals surface area contributed by atoms with Crippen molar-refractivity contribution in [1.29, 1.82) is 0 Å². The van der Waals surface area contributed by atoms with Gasteiger partial charge in [-0.15, -0.1) is 0 Å². The normalized spacial score (nSPS) is 10.1. The molecule has 3 N–H and O–H groups in total. The van der Waals surface area contributed by atoms with Gasteiger partial charge in [-0.05, 0) is 6.42 Å². The third-order valence-corrected chi connectivity index (χ3v) is 2.84. The summed E-state index contributed by atoms with van der Waals surface area (Å²) in [6, 6.07) is 3.31. The quantitative estimate of drug-likeness (QED) is 0.588. The number of nitrogen functional groups attached to an aromatic ring is 1. The Morgan fingerprint density at radius 2 is 1.84 bits per heavy atom. The zero-order valence-corrected chi connectivity index (χ0v) is 11.8. The largest absolute Gasteiger partial charge is 0.493 e. The van der Waals surface area contributed by atoms with Crippen LogP contribution in [0.1, 0.15) is 32.6 Å². The lowest BCUT2D eigenvalue weighted by molar-refractivity contribution is -0.116. The van der Waals surface area contributed by atoms with Crippen molar-refractivity contribution in [1.82, 2.24) is 0 Å². The molecule has 5 heteroatoms. The van der Waals surface area contributed by atoms with Gasteiger partial charge >= 0.3 is 0 Å². The minimum Gasteiger partial charge on any atom is -0.493 e. The van der Waals surface area contributed by atoms with Crippen LogP contribution >= 0.6 is 0 Å². The Kier molecular flexibility index (Phi) is 5.99. The molecule has 1 rings (SSSR count). The molecular weight excluding hydrogens is 244 g/mol. The molecule has 5 nitrogen and oxygen atoms in total. The number of methoxy groups -OCH3 is 2. The van der Waals surface area contributed by atoms with E-state index < -0.39 is 0 Å². The molecule has 0 heterocycles. The maximum absolute atomic E-state index is 11.8. The zero-order valence-electron chi connectivity index (χ0n) is 11.8. The third kappa shape index (κ3) is 4.35. The van der Waals surface area contributed by atoms with E-state index in [1.165, 1.54) is 0 Å². The van der Waals surface area contributed by atoms with Crippen molar-refractivity contribution in [2.45, 2.75) is 32.6 Å². The Hall–Kier alpha value is -1.91. The average Bonchev–Trinajstić information content (AvgIpc) is 2.40. The summed E-state index contributed by atoms with van der Waals surface area (Å²) in [5, 5.41) is 2.80. The van der Waals surface area contributed by atoms with Gasteiger partial charge in [-0.2, -0.15) is 0 Å². The first-order valence-electron chi connectivity index (χ1n) is 6.43. The number of carbonyl (C=O) groups is 1. The summed E-state index contributed by atoms with van der Waals surface area (Å²) >= 11 is 0. The Balaban J connectivity index is 2.75. The van der Waals surface area contributed by atoms with E-state index in [4.69, 9.17) is 15.2 Å². The lowest BCUT2D eigenvalue weighted by atomic mass is 10.2. The minimum absolute atomic E-state index is 0.0348. The first-order valence-corrected chi connectivity index (χ1v) is 6.43. The van der Waals surface area contributed by atoms with Gasteiger partial charge < -0.3 is 20.5 Å². The highest BCUT2D eigenvalue weighted by Crippen LogP contribution is 2.34. The summed E-state index contributed by atoms with van der Waals surface area (Å²) in [7, 11) is 3.08. The van der Waals surface area contributed by atoms with Gasteiger partial charge in [-0.25, -0.2) is 0 Å². The third-order valence-electron chi connectivity index (χ3n) is 2.84. The minimum atomic E-state index is -0.0348. The standard InChI is InChI=1S/C14H22N2O3/c1-4-5-6-7-14(17)16-11-9-13(19-3)12(18-2)8-10(11)15/h8-9H,4-7,15H2,1-3H3,(H,16,17). The molecule has 0 bridgehead atoms. The van der Waals surface area contributed by atoms with Crippen LogP contribution in [0.2, 0.25) is 0 Å². The second-order valence-electron chi connectivity index (χ2n) is 4.30. The summed E-state index contributed by atoms with van der Waals surface area (Å²) in [4.78, 5) is 11.8. The number of nitrogens with one attached hydrogen (secondary N) is 1. The van der Waals surface area contributed by atoms with Gasteiger partial charge in [0.1, 0.15) is 0 Å². The number of nitrogens with two attached hydrogens (primary N) is 1. The van der Waals surface area contributed by atoms with E-state index in [2.05, 4.69) is 12.2 Å². The molecular formula is C14H22N2O3. The Morgan fingerprint density at radius 3 is 2.42 bits per heavy atom. The van der Waals surface area contributed by atoms with E-state index in [-0.39, 0.29) is 5.91 Å². The van der Waals surface area contributed by atoms with Crippen molar-refractivity contribution in [3.8, 4) is 11.5 Å². The van der Waals surface area contributed by atoms with Crippen LogP contribution in [0.15, 0.2) is 12.1 Å². The number of carbonyl (C=O) groups excluding carboxylic acids is 1. The van der Waals surface area contributed by atoms with E-state index in [1.54, 1.807) is 26.4 Å². The highest BCUT2D eigenvalue weighted by Gasteiger charge is 2.11. The predicted molar refractivity (Wildman–Crippen MR) is 76.7 cm³/mol. The molecule has 106 valence electrons. The van der Waals surface area contributed by atoms with E-state index in [0.29, 0.717) is 29.3 Å². The number of hydrogen-bond acceptors (Lipinski definition) is 4. The fourth-order valence-corrected chi connectivity index (χ4v) is 1.75. The highest BCUT2D eigenvalue weighted by atomic mass is 16.5. The summed E-state index contributed by atoms with van der Waals surface area (Å²) in [6.45, 7) is 2.10. The van der Waals surface area contributed by atoms with E-state index in [0.717, 1.165) is 19.3 Å². The molecule has 0 aliphatic carbocycles. The fraction of sp³-hybridized carbons (Fsp3) is 0.500. The lowest BCUT2D eigenvalue weighted by Crippen LogP contribution is -2.12. The van der Waals surface area contributed by atoms with Crippen LogP contribution in [0.5, 0.6) is 11.5 Å². The topological polar surface area (TPSA) is 73.6 Å². The van der Waals surface area contributed by atoms with Crippen molar-refractivity contribution < 1.29 is 14.3 Å². The summed E-state index contributed by atoms with van der Waals surface area (Å²) in [5.41, 5.74) is 6.89. The molecule has 0 radical (unpaired) electrons. The molecule has 0 unspecified atom stereocenters. The van der Waals surface area contributed by atoms with Crippen LogP contribution in [-0.2, 0) is 4.79 Å². The molecule has 0 fully saturated rings. The van der Waals surface area contributed by atoms with E-state index in [1.807, 2.05) is 0 Å². The maximum Gasteiger partial charge on any atom is 0.224 e. The first kappa shape index (κ1) is 15.1. The van der Waals surface area contributed by atoms with Crippen LogP contribution in [0.3, 0.4) is 0 Å². The molecule has 0 aromatic heterocycles. The maximum atomic E-state index is 11.8. The lowest BCUT2D eigenvalue weighted by Gasteiger charge is -2.13. The Morgan fingerprint density at radius 1 is 1.21 bits per heavy atom. The van der Waals surface area contributed by atoms with Crippen LogP contribution in [0, 0.1) is 0 Å². The van der Waals surface area contributed by atoms with Crippen molar-refractivity contribution in [3.63, 3.8) is 0 Å². The Bertz CT molecular complexity index is 433. The molecule has 0 saturated carbocycles. The summed E-state index contributed by atoms with van der Waals surface area (Å²) in [5.74, 6) is 1.05. The number of amides is 1. The number of anilines is 2. The van der Waals surface area contributed by atoms with Crippen LogP contribution in [0.25, 0.3) is 0 Å². The molecule has 0 aliphatic rings. The van der Waals surface area contributed by atoms with E-state index in [9.17, 15) is 4.79 Å². The number of unbranched alkanes of at least 4 members (excludes halogenated alkanes) is 2. The van der Waals surface area contributed by atoms with Crippen LogP contribution in [0.4, 0.5) is 11.4 Å². The number of ether oxygens (including phenoxy) is 2. The second kappa shape index (κ2) is 7.51. The van der Waals surface area contributed by atoms with Gasteiger partial charge in [0.25, 0.3) is 0 Å². The van der Waals surface area contributed by atoms with Gasteiger partial charge in [0.05, 0.1) is 25.6 Å². The van der Waals surface area contributed by atoms with Gasteiger partial charge in [0.15, 0.2) is 11.5 Å². The highest BCUT2D eigenvalue weighted by molar-refractivity contribution is 5.94. The van der Waals surface area contributed by atoms with Crippen LogP contribution < -0.4 is 20.5 Å².